The minimum Gasteiger partial charge on any atom is -0.440 e. The van der Waals surface area contributed by atoms with Crippen molar-refractivity contribution in [2.24, 2.45) is 0 Å². The topological polar surface area (TPSA) is 19.6 Å². The van der Waals surface area contributed by atoms with Crippen LogP contribution in [0.3, 0.4) is 0 Å². The molecule has 0 atom stereocenters. The van der Waals surface area contributed by atoms with Gasteiger partial charge in [0.05, 0.1) is 8.07 Å². The number of furan rings is 1. The van der Waals surface area contributed by atoms with Crippen molar-refractivity contribution in [3.63, 3.8) is 0 Å². The Bertz CT molecular complexity index is 2980. The van der Waals surface area contributed by atoms with Gasteiger partial charge in [0, 0.05) is 39.3 Å². The van der Waals surface area contributed by atoms with Gasteiger partial charge in [-0.2, -0.15) is 0 Å². The van der Waals surface area contributed by atoms with Gasteiger partial charge < -0.3 is 9.32 Å². The van der Waals surface area contributed by atoms with E-state index in [1.54, 1.807) is 0 Å². The summed E-state index contributed by atoms with van der Waals surface area (Å²) in [4.78, 5) is 5.27. The Morgan fingerprint density at radius 1 is 0.523 bits per heavy atom. The standard InChI is InChI=1S/C60H75BN2OSi/c1-36-29-48-53-49(30-36)63(46-23-19-38(56(5,6)7)32-51(46)65(16,17)18)54-52(40-31-37(55(2,3)4)20-24-50(40)64-54)61(53)45-34-43-44(60(14,15)28-27-59(43,12)13)35-47(45)62(48)39-21-22-41-42(33-39)58(10,11)26-25-57(41,8)9/h19-24,29-35H,25-28H2,1-18H3. The highest BCUT2D eigenvalue weighted by Gasteiger charge is 2.50. The van der Waals surface area contributed by atoms with Crippen molar-refractivity contribution in [1.29, 1.82) is 0 Å². The Kier molecular flexibility index (Phi) is 9.42. The van der Waals surface area contributed by atoms with Crippen molar-refractivity contribution in [3.8, 4) is 0 Å². The molecule has 0 fully saturated rings. The molecule has 0 bridgehead atoms. The van der Waals surface area contributed by atoms with E-state index in [0.29, 0.717) is 0 Å². The molecule has 10 rings (SSSR count). The molecule has 65 heavy (non-hydrogen) atoms. The minimum atomic E-state index is -1.93. The van der Waals surface area contributed by atoms with Crippen LogP contribution >= 0.6 is 0 Å². The van der Waals surface area contributed by atoms with Gasteiger partial charge in [-0.15, -0.1) is 0 Å². The molecule has 338 valence electrons. The van der Waals surface area contributed by atoms with Gasteiger partial charge in [0.15, 0.2) is 0 Å². The van der Waals surface area contributed by atoms with Crippen LogP contribution in [-0.2, 0) is 32.5 Å². The smallest absolute Gasteiger partial charge is 0.257 e. The highest BCUT2D eigenvalue weighted by atomic mass is 28.3. The predicted molar refractivity (Wildman–Crippen MR) is 286 cm³/mol. The second-order valence-corrected chi connectivity index (χ2v) is 31.6. The van der Waals surface area contributed by atoms with E-state index < -0.39 is 8.07 Å². The number of nitrogens with zero attached hydrogens (tertiary/aromatic N) is 2. The molecular formula is C60H75BN2OSi. The van der Waals surface area contributed by atoms with E-state index in [0.717, 1.165) is 11.5 Å². The molecule has 0 radical (unpaired) electrons. The molecule has 4 aliphatic rings. The van der Waals surface area contributed by atoms with Gasteiger partial charge in [0.1, 0.15) is 5.58 Å². The van der Waals surface area contributed by atoms with Gasteiger partial charge in [-0.25, -0.2) is 0 Å². The number of benzene rings is 5. The highest BCUT2D eigenvalue weighted by molar-refractivity contribution is 7.01. The monoisotopic (exact) mass is 879 g/mol. The van der Waals surface area contributed by atoms with E-state index in [2.05, 4.69) is 212 Å². The lowest BCUT2D eigenvalue weighted by Crippen LogP contribution is -2.62. The first kappa shape index (κ1) is 44.4. The maximum absolute atomic E-state index is 7.43. The van der Waals surface area contributed by atoms with E-state index >= 15 is 0 Å². The molecule has 3 nitrogen and oxygen atoms in total. The maximum atomic E-state index is 7.43. The first-order chi connectivity index (χ1) is 30.0. The lowest BCUT2D eigenvalue weighted by Gasteiger charge is -2.47. The summed E-state index contributed by atoms with van der Waals surface area (Å²) in [6, 6.07) is 32.2. The molecule has 2 aliphatic carbocycles. The van der Waals surface area contributed by atoms with Gasteiger partial charge in [0.2, 0.25) is 5.88 Å². The van der Waals surface area contributed by atoms with Crippen LogP contribution in [0.15, 0.2) is 83.3 Å². The lowest BCUT2D eigenvalue weighted by molar-refractivity contribution is 0.332. The third kappa shape index (κ3) is 6.77. The van der Waals surface area contributed by atoms with E-state index in [9.17, 15) is 0 Å². The number of rotatable bonds is 3. The second-order valence-electron chi connectivity index (χ2n) is 26.6. The normalized spacial score (nSPS) is 19.1. The lowest BCUT2D eigenvalue weighted by atomic mass is 9.33. The maximum Gasteiger partial charge on any atom is 0.257 e. The number of hydrogen-bond acceptors (Lipinski definition) is 3. The molecule has 3 heterocycles. The number of aryl methyl sites for hydroxylation is 1. The quantitative estimate of drug-likeness (QED) is 0.165. The van der Waals surface area contributed by atoms with E-state index in [1.165, 1.54) is 120 Å². The van der Waals surface area contributed by atoms with Crippen molar-refractivity contribution in [2.75, 3.05) is 9.80 Å². The molecule has 0 unspecified atom stereocenters. The van der Waals surface area contributed by atoms with Crippen LogP contribution in [-0.4, -0.2) is 14.8 Å². The van der Waals surface area contributed by atoms with Gasteiger partial charge in [0.25, 0.3) is 6.71 Å². The van der Waals surface area contributed by atoms with Crippen molar-refractivity contribution >= 4 is 81.7 Å². The van der Waals surface area contributed by atoms with Gasteiger partial charge >= 0.3 is 0 Å². The number of anilines is 6. The molecule has 2 aliphatic heterocycles. The van der Waals surface area contributed by atoms with Gasteiger partial charge in [-0.05, 0) is 169 Å². The molecule has 1 aromatic heterocycles. The number of fused-ring (bicyclic) bond motifs is 8. The van der Waals surface area contributed by atoms with Crippen LogP contribution in [0.1, 0.15) is 162 Å². The van der Waals surface area contributed by atoms with E-state index in [-0.39, 0.29) is 39.2 Å². The fourth-order valence-electron chi connectivity index (χ4n) is 12.2. The van der Waals surface area contributed by atoms with Crippen LogP contribution in [0.4, 0.5) is 34.3 Å². The predicted octanol–water partition coefficient (Wildman–Crippen LogP) is 14.7. The summed E-state index contributed by atoms with van der Waals surface area (Å²) in [5, 5.41) is 2.70. The zero-order chi connectivity index (χ0) is 46.9. The zero-order valence-corrected chi connectivity index (χ0v) is 44.2. The summed E-state index contributed by atoms with van der Waals surface area (Å²) in [5.74, 6) is 0.970. The third-order valence-electron chi connectivity index (χ3n) is 16.7. The van der Waals surface area contributed by atoms with Crippen molar-refractivity contribution < 1.29 is 4.42 Å². The van der Waals surface area contributed by atoms with Gasteiger partial charge in [-0.3, -0.25) is 4.90 Å². The van der Waals surface area contributed by atoms with E-state index in [1.807, 2.05) is 0 Å². The molecule has 6 aromatic rings. The fraction of sp³-hybridized carbons (Fsp3) is 0.467. The molecule has 0 spiro atoms. The third-order valence-corrected chi connectivity index (χ3v) is 18.7. The molecule has 0 amide bonds. The summed E-state index contributed by atoms with van der Waals surface area (Å²) in [6.07, 6.45) is 4.73. The average molecular weight is 879 g/mol. The van der Waals surface area contributed by atoms with E-state index in [4.69, 9.17) is 4.42 Å². The molecule has 0 saturated heterocycles. The summed E-state index contributed by atoms with van der Waals surface area (Å²) >= 11 is 0. The Balaban J connectivity index is 1.37. The summed E-state index contributed by atoms with van der Waals surface area (Å²) < 4.78 is 7.43. The second kappa shape index (κ2) is 13.8. The van der Waals surface area contributed by atoms with Gasteiger partial charge in [-0.1, -0.05) is 147 Å². The van der Waals surface area contributed by atoms with Crippen LogP contribution in [0.5, 0.6) is 0 Å². The fourth-order valence-corrected chi connectivity index (χ4v) is 13.8. The summed E-state index contributed by atoms with van der Waals surface area (Å²) in [6.45, 7) is 43.6. The van der Waals surface area contributed by atoms with Crippen molar-refractivity contribution in [3.05, 3.63) is 118 Å². The summed E-state index contributed by atoms with van der Waals surface area (Å²) in [5.41, 5.74) is 21.7. The Hall–Kier alpha value is -4.48. The molecule has 5 aromatic carbocycles. The van der Waals surface area contributed by atoms with Crippen LogP contribution in [0, 0.1) is 6.92 Å². The van der Waals surface area contributed by atoms with Crippen LogP contribution in [0.2, 0.25) is 19.6 Å². The molecule has 0 saturated carbocycles. The summed E-state index contributed by atoms with van der Waals surface area (Å²) in [7, 11) is -1.93. The highest BCUT2D eigenvalue weighted by Crippen LogP contribution is 2.53. The molecule has 0 N–H and O–H groups in total. The number of hydrogen-bond donors (Lipinski definition) is 0. The SMILES string of the molecule is Cc1cc2c3c(c1)N(c1ccc(C(C)(C)C)cc1[Si](C)(C)C)c1oc4ccc(C(C)(C)C)cc4c1B3c1cc3c(cc1N2c1ccc2c(c1)C(C)(C)CCC2(C)C)C(C)(C)CCC3(C)C. The van der Waals surface area contributed by atoms with Crippen molar-refractivity contribution in [2.45, 2.75) is 182 Å². The Morgan fingerprint density at radius 3 is 1.63 bits per heavy atom. The first-order valence-corrected chi connectivity index (χ1v) is 28.3. The van der Waals surface area contributed by atoms with Crippen molar-refractivity contribution in [1.82, 2.24) is 0 Å². The molecular weight excluding hydrogens is 804 g/mol. The van der Waals surface area contributed by atoms with Crippen LogP contribution in [0.25, 0.3) is 11.0 Å². The van der Waals surface area contributed by atoms with Crippen LogP contribution < -0.4 is 31.4 Å². The first-order valence-electron chi connectivity index (χ1n) is 24.8. The Morgan fingerprint density at radius 2 is 1.05 bits per heavy atom. The largest absolute Gasteiger partial charge is 0.440 e. The average Bonchev–Trinajstić information content (AvgIpc) is 3.58. The minimum absolute atomic E-state index is 0.0224. The Labute approximate surface area is 393 Å². The zero-order valence-electron chi connectivity index (χ0n) is 43.2. The molecule has 5 heteroatoms.